The molecule has 0 aliphatic carbocycles. The van der Waals surface area contributed by atoms with E-state index in [-0.39, 0.29) is 5.69 Å². The van der Waals surface area contributed by atoms with Gasteiger partial charge in [0.15, 0.2) is 0 Å². The first-order chi connectivity index (χ1) is 8.25. The molecule has 0 atom stereocenters. The molecule has 0 radical (unpaired) electrons. The number of rotatable bonds is 3. The molecule has 0 aliphatic heterocycles. The quantitative estimate of drug-likeness (QED) is 0.348. The number of nitro groups is 1. The monoisotopic (exact) mass is 228 g/mol. The molecule has 0 spiro atoms. The van der Waals surface area contributed by atoms with E-state index in [1.165, 1.54) is 12.1 Å². The molecule has 2 aromatic rings. The largest absolute Gasteiger partial charge is 0.270 e. The average molecular weight is 228 g/mol. The summed E-state index contributed by atoms with van der Waals surface area (Å²) < 4.78 is 1.62. The Hall–Kier alpha value is -2.56. The van der Waals surface area contributed by atoms with Crippen molar-refractivity contribution in [1.29, 1.82) is 0 Å². The van der Waals surface area contributed by atoms with Crippen LogP contribution in [0.4, 0.5) is 5.69 Å². The molecule has 1 aromatic heterocycles. The third kappa shape index (κ3) is 2.94. The molecule has 0 fully saturated rings. The second-order valence-electron chi connectivity index (χ2n) is 3.35. The Balaban J connectivity index is 2.22. The molecular formula is C12H10N3O2+. The van der Waals surface area contributed by atoms with Gasteiger partial charge in [-0.1, -0.05) is 22.9 Å². The van der Waals surface area contributed by atoms with Crippen molar-refractivity contribution in [3.63, 3.8) is 0 Å². The van der Waals surface area contributed by atoms with Crippen LogP contribution in [-0.2, 0) is 0 Å². The van der Waals surface area contributed by atoms with Gasteiger partial charge in [0, 0.05) is 29.8 Å². The zero-order chi connectivity index (χ0) is 12.1. The lowest BCUT2D eigenvalue weighted by molar-refractivity contribution is -0.678. The third-order valence-corrected chi connectivity index (χ3v) is 2.12. The van der Waals surface area contributed by atoms with Crippen molar-refractivity contribution in [2.24, 2.45) is 5.10 Å². The van der Waals surface area contributed by atoms with Gasteiger partial charge in [-0.05, 0) is 5.10 Å². The normalized spacial score (nSPS) is 10.6. The fourth-order valence-corrected chi connectivity index (χ4v) is 1.32. The molecule has 0 aliphatic rings. The highest BCUT2D eigenvalue weighted by atomic mass is 16.6. The first-order valence-electron chi connectivity index (χ1n) is 5.01. The van der Waals surface area contributed by atoms with Crippen molar-refractivity contribution in [2.75, 3.05) is 0 Å². The maximum atomic E-state index is 10.6. The van der Waals surface area contributed by atoms with E-state index in [9.17, 15) is 10.1 Å². The number of nitrogens with zero attached hydrogens (tertiary/aromatic N) is 3. The molecule has 0 unspecified atom stereocenters. The second-order valence-corrected chi connectivity index (χ2v) is 3.35. The van der Waals surface area contributed by atoms with Crippen LogP contribution < -0.4 is 4.68 Å². The van der Waals surface area contributed by atoms with Crippen LogP contribution in [0.5, 0.6) is 0 Å². The summed E-state index contributed by atoms with van der Waals surface area (Å²) in [6, 6.07) is 11.9. The highest BCUT2D eigenvalue weighted by Gasteiger charge is 2.04. The number of aromatic nitrogens is 1. The summed E-state index contributed by atoms with van der Waals surface area (Å²) in [6.45, 7) is 0. The Kier molecular flexibility index (Phi) is 3.20. The van der Waals surface area contributed by atoms with E-state index >= 15 is 0 Å². The van der Waals surface area contributed by atoms with Gasteiger partial charge < -0.3 is 0 Å². The SMILES string of the molecule is O=[N+]([O-])c1cccc(/C=N\[n+]2ccccc2)c1. The highest BCUT2D eigenvalue weighted by molar-refractivity contribution is 5.80. The summed E-state index contributed by atoms with van der Waals surface area (Å²) >= 11 is 0. The van der Waals surface area contributed by atoms with Gasteiger partial charge in [0.25, 0.3) is 5.69 Å². The maximum absolute atomic E-state index is 10.6. The predicted molar refractivity (Wildman–Crippen MR) is 62.7 cm³/mol. The molecule has 0 saturated carbocycles. The summed E-state index contributed by atoms with van der Waals surface area (Å²) in [5.74, 6) is 0. The van der Waals surface area contributed by atoms with Crippen LogP contribution in [0.15, 0.2) is 60.0 Å². The molecule has 84 valence electrons. The molecule has 2 rings (SSSR count). The van der Waals surface area contributed by atoms with Gasteiger partial charge in [0.2, 0.25) is 12.4 Å². The maximum Gasteiger partial charge on any atom is 0.270 e. The first kappa shape index (κ1) is 10.9. The zero-order valence-corrected chi connectivity index (χ0v) is 8.93. The number of hydrogen-bond donors (Lipinski definition) is 0. The second kappa shape index (κ2) is 4.98. The molecule has 5 heteroatoms. The molecule has 0 saturated heterocycles. The summed E-state index contributed by atoms with van der Waals surface area (Å²) in [7, 11) is 0. The average Bonchev–Trinajstić information content (AvgIpc) is 2.38. The minimum atomic E-state index is -0.424. The molecule has 0 bridgehead atoms. The van der Waals surface area contributed by atoms with E-state index in [1.54, 1.807) is 35.4 Å². The van der Waals surface area contributed by atoms with E-state index in [1.807, 2.05) is 18.2 Å². The van der Waals surface area contributed by atoms with Crippen molar-refractivity contribution in [3.8, 4) is 0 Å². The van der Waals surface area contributed by atoms with Crippen LogP contribution >= 0.6 is 0 Å². The molecule has 0 N–H and O–H groups in total. The first-order valence-corrected chi connectivity index (χ1v) is 5.01. The minimum Gasteiger partial charge on any atom is -0.258 e. The van der Waals surface area contributed by atoms with Gasteiger partial charge in [-0.3, -0.25) is 10.1 Å². The molecular weight excluding hydrogens is 218 g/mol. The van der Waals surface area contributed by atoms with Gasteiger partial charge in [0.05, 0.1) is 4.92 Å². The van der Waals surface area contributed by atoms with Crippen LogP contribution in [0.25, 0.3) is 0 Å². The number of nitro benzene ring substituents is 1. The highest BCUT2D eigenvalue weighted by Crippen LogP contribution is 2.11. The van der Waals surface area contributed by atoms with E-state index in [4.69, 9.17) is 0 Å². The molecule has 0 amide bonds. The van der Waals surface area contributed by atoms with Gasteiger partial charge >= 0.3 is 0 Å². The minimum absolute atomic E-state index is 0.0620. The van der Waals surface area contributed by atoms with Crippen LogP contribution in [-0.4, -0.2) is 11.1 Å². The van der Waals surface area contributed by atoms with E-state index < -0.39 is 4.92 Å². The lowest BCUT2D eigenvalue weighted by atomic mass is 10.2. The molecule has 5 nitrogen and oxygen atoms in total. The summed E-state index contributed by atoms with van der Waals surface area (Å²) in [5.41, 5.74) is 0.752. The van der Waals surface area contributed by atoms with Crippen LogP contribution in [0, 0.1) is 10.1 Å². The zero-order valence-electron chi connectivity index (χ0n) is 8.93. The molecule has 17 heavy (non-hydrogen) atoms. The van der Waals surface area contributed by atoms with Crippen LogP contribution in [0.3, 0.4) is 0 Å². The van der Waals surface area contributed by atoms with E-state index in [0.29, 0.717) is 5.56 Å². The van der Waals surface area contributed by atoms with E-state index in [2.05, 4.69) is 5.10 Å². The number of non-ortho nitro benzene ring substituents is 1. The van der Waals surface area contributed by atoms with Gasteiger partial charge in [-0.2, -0.15) is 0 Å². The third-order valence-electron chi connectivity index (χ3n) is 2.12. The molecule has 1 heterocycles. The number of hydrogen-bond acceptors (Lipinski definition) is 3. The Morgan fingerprint density at radius 2 is 1.94 bits per heavy atom. The van der Waals surface area contributed by atoms with E-state index in [0.717, 1.165) is 0 Å². The van der Waals surface area contributed by atoms with Crippen molar-refractivity contribution in [2.45, 2.75) is 0 Å². The van der Waals surface area contributed by atoms with Crippen molar-refractivity contribution in [1.82, 2.24) is 0 Å². The number of pyridine rings is 1. The van der Waals surface area contributed by atoms with Gasteiger partial charge in [0.1, 0.15) is 6.21 Å². The van der Waals surface area contributed by atoms with Crippen molar-refractivity contribution in [3.05, 3.63) is 70.5 Å². The smallest absolute Gasteiger partial charge is 0.258 e. The fraction of sp³-hybridized carbons (Fsp3) is 0. The van der Waals surface area contributed by atoms with Gasteiger partial charge in [-0.15, -0.1) is 0 Å². The lowest BCUT2D eigenvalue weighted by Gasteiger charge is -1.92. The van der Waals surface area contributed by atoms with Gasteiger partial charge in [-0.25, -0.2) is 0 Å². The summed E-state index contributed by atoms with van der Waals surface area (Å²) in [6.07, 6.45) is 5.15. The summed E-state index contributed by atoms with van der Waals surface area (Å²) in [4.78, 5) is 10.2. The Bertz CT molecular complexity index is 553. The van der Waals surface area contributed by atoms with Crippen LogP contribution in [0.2, 0.25) is 0 Å². The topological polar surface area (TPSA) is 59.4 Å². The Morgan fingerprint density at radius 1 is 1.18 bits per heavy atom. The molecule has 1 aromatic carbocycles. The Morgan fingerprint density at radius 3 is 2.65 bits per heavy atom. The Labute approximate surface area is 97.8 Å². The van der Waals surface area contributed by atoms with Crippen molar-refractivity contribution >= 4 is 11.9 Å². The van der Waals surface area contributed by atoms with Crippen molar-refractivity contribution < 1.29 is 9.60 Å². The fourth-order valence-electron chi connectivity index (χ4n) is 1.32. The summed E-state index contributed by atoms with van der Waals surface area (Å²) in [5, 5.41) is 14.7. The standard InChI is InChI=1S/C12H10N3O2/c16-15(17)12-6-4-5-11(9-12)10-13-14-7-2-1-3-8-14/h1-10H/q+1/b13-10-. The number of benzene rings is 1. The predicted octanol–water partition coefficient (Wildman–Crippen LogP) is 1.76. The van der Waals surface area contributed by atoms with Crippen LogP contribution in [0.1, 0.15) is 5.56 Å². The lowest BCUT2D eigenvalue weighted by Crippen LogP contribution is -2.25.